The van der Waals surface area contributed by atoms with Gasteiger partial charge in [0.05, 0.1) is 7.11 Å². The maximum Gasteiger partial charge on any atom is 0.245 e. The molecule has 2 aromatic rings. The van der Waals surface area contributed by atoms with Crippen LogP contribution in [0.1, 0.15) is 17.4 Å². The van der Waals surface area contributed by atoms with Crippen molar-refractivity contribution >= 4 is 18.3 Å². The van der Waals surface area contributed by atoms with Crippen molar-refractivity contribution in [2.75, 3.05) is 26.7 Å². The van der Waals surface area contributed by atoms with E-state index in [0.29, 0.717) is 24.7 Å². The third-order valence-electron chi connectivity index (χ3n) is 4.25. The third-order valence-corrected chi connectivity index (χ3v) is 4.25. The molecule has 1 amide bonds. The smallest absolute Gasteiger partial charge is 0.245 e. The lowest BCUT2D eigenvalue weighted by molar-refractivity contribution is -0.125. The van der Waals surface area contributed by atoms with Gasteiger partial charge in [0.1, 0.15) is 17.6 Å². The molecule has 136 valence electrons. The van der Waals surface area contributed by atoms with E-state index in [2.05, 4.69) is 26.2 Å². The predicted octanol–water partition coefficient (Wildman–Crippen LogP) is 0.531. The molecule has 1 aliphatic rings. The molecular weight excluding hydrogens is 344 g/mol. The van der Waals surface area contributed by atoms with E-state index in [4.69, 9.17) is 4.74 Å². The van der Waals surface area contributed by atoms with Gasteiger partial charge >= 0.3 is 0 Å². The second-order valence-corrected chi connectivity index (χ2v) is 6.01. The van der Waals surface area contributed by atoms with E-state index in [1.165, 1.54) is 0 Å². The van der Waals surface area contributed by atoms with E-state index in [1.807, 2.05) is 24.3 Å². The minimum Gasteiger partial charge on any atom is -0.497 e. The molecule has 2 heterocycles. The average molecular weight is 367 g/mol. The van der Waals surface area contributed by atoms with Crippen LogP contribution in [0.25, 0.3) is 0 Å². The topological polar surface area (TPSA) is 94.0 Å². The Hall–Kier alpha value is -2.19. The van der Waals surface area contributed by atoms with Crippen LogP contribution < -0.4 is 15.4 Å². The molecule has 9 heteroatoms. The summed E-state index contributed by atoms with van der Waals surface area (Å²) < 4.78 is 6.84. The molecule has 25 heavy (non-hydrogen) atoms. The predicted molar refractivity (Wildman–Crippen MR) is 94.9 cm³/mol. The van der Waals surface area contributed by atoms with Gasteiger partial charge in [-0.15, -0.1) is 17.5 Å². The summed E-state index contributed by atoms with van der Waals surface area (Å²) in [6.45, 7) is 4.36. The van der Waals surface area contributed by atoms with Gasteiger partial charge in [-0.3, -0.25) is 4.79 Å². The van der Waals surface area contributed by atoms with Crippen LogP contribution in [-0.4, -0.2) is 52.9 Å². The van der Waals surface area contributed by atoms with Gasteiger partial charge in [-0.1, -0.05) is 12.1 Å². The van der Waals surface area contributed by atoms with Crippen LogP contribution in [0, 0.1) is 12.8 Å². The zero-order valence-corrected chi connectivity index (χ0v) is 15.1. The Kier molecular flexibility index (Phi) is 6.72. The summed E-state index contributed by atoms with van der Waals surface area (Å²) in [4.78, 5) is 12.7. The molecule has 0 spiro atoms. The number of benzene rings is 1. The van der Waals surface area contributed by atoms with Crippen LogP contribution in [-0.2, 0) is 11.2 Å². The van der Waals surface area contributed by atoms with E-state index in [1.54, 1.807) is 18.7 Å². The molecule has 0 aliphatic carbocycles. The molecule has 3 rings (SSSR count). The summed E-state index contributed by atoms with van der Waals surface area (Å²) in [5.41, 5.74) is 0.995. The first-order valence-electron chi connectivity index (χ1n) is 8.03. The van der Waals surface area contributed by atoms with Gasteiger partial charge in [-0.2, -0.15) is 0 Å². The molecule has 8 nitrogen and oxygen atoms in total. The third kappa shape index (κ3) is 4.67. The lowest BCUT2D eigenvalue weighted by Crippen LogP contribution is -2.49. The van der Waals surface area contributed by atoms with Crippen molar-refractivity contribution in [2.45, 2.75) is 19.4 Å². The van der Waals surface area contributed by atoms with Gasteiger partial charge in [0.2, 0.25) is 5.91 Å². The Bertz CT molecular complexity index is 703. The zero-order valence-electron chi connectivity index (χ0n) is 14.3. The van der Waals surface area contributed by atoms with E-state index in [9.17, 15) is 4.79 Å². The summed E-state index contributed by atoms with van der Waals surface area (Å²) in [6.07, 6.45) is 0.498. The summed E-state index contributed by atoms with van der Waals surface area (Å²) in [6, 6.07) is 7.20. The van der Waals surface area contributed by atoms with Crippen LogP contribution in [0.3, 0.4) is 0 Å². The Morgan fingerprint density at radius 3 is 2.88 bits per heavy atom. The number of rotatable bonds is 7. The number of hydrogen-bond donors (Lipinski definition) is 2. The van der Waals surface area contributed by atoms with Crippen molar-refractivity contribution in [1.82, 2.24) is 30.8 Å². The number of aromatic nitrogens is 4. The normalized spacial score (nSPS) is 15.0. The van der Waals surface area contributed by atoms with Crippen LogP contribution in [0.15, 0.2) is 24.3 Å². The zero-order chi connectivity index (χ0) is 16.9. The highest BCUT2D eigenvalue weighted by atomic mass is 35.5. The second-order valence-electron chi connectivity index (χ2n) is 6.01. The molecule has 1 unspecified atom stereocenters. The average Bonchev–Trinajstić information content (AvgIpc) is 2.97. The molecule has 0 bridgehead atoms. The largest absolute Gasteiger partial charge is 0.497 e. The Morgan fingerprint density at radius 2 is 2.28 bits per heavy atom. The summed E-state index contributed by atoms with van der Waals surface area (Å²) in [5, 5.41) is 17.8. The fourth-order valence-corrected chi connectivity index (χ4v) is 2.69. The minimum absolute atomic E-state index is 0. The lowest BCUT2D eigenvalue weighted by Gasteiger charge is -2.28. The fourth-order valence-electron chi connectivity index (χ4n) is 2.69. The van der Waals surface area contributed by atoms with Crippen LogP contribution in [0.2, 0.25) is 0 Å². The second kappa shape index (κ2) is 8.77. The van der Waals surface area contributed by atoms with Crippen molar-refractivity contribution in [1.29, 1.82) is 0 Å². The lowest BCUT2D eigenvalue weighted by atomic mass is 10.0. The molecule has 1 aromatic carbocycles. The summed E-state index contributed by atoms with van der Waals surface area (Å²) in [7, 11) is 1.63. The van der Waals surface area contributed by atoms with Crippen molar-refractivity contribution in [3.8, 4) is 5.75 Å². The number of ether oxygens (including phenoxy) is 1. The van der Waals surface area contributed by atoms with Gasteiger partial charge in [0, 0.05) is 32.0 Å². The van der Waals surface area contributed by atoms with E-state index >= 15 is 0 Å². The molecule has 1 saturated heterocycles. The maximum atomic E-state index is 12.7. The monoisotopic (exact) mass is 366 g/mol. The number of carbonyl (C=O) groups is 1. The molecule has 0 saturated carbocycles. The number of hydrogen-bond acceptors (Lipinski definition) is 6. The van der Waals surface area contributed by atoms with Crippen molar-refractivity contribution < 1.29 is 9.53 Å². The number of methoxy groups -OCH3 is 1. The van der Waals surface area contributed by atoms with Gasteiger partial charge in [0.15, 0.2) is 0 Å². The number of nitrogens with zero attached hydrogens (tertiary/aromatic N) is 4. The molecule has 1 aromatic heterocycles. The van der Waals surface area contributed by atoms with Gasteiger partial charge < -0.3 is 15.4 Å². The molecule has 1 fully saturated rings. The Labute approximate surface area is 152 Å². The Morgan fingerprint density at radius 1 is 1.48 bits per heavy atom. The highest BCUT2D eigenvalue weighted by molar-refractivity contribution is 5.85. The van der Waals surface area contributed by atoms with E-state index in [-0.39, 0.29) is 18.3 Å². The van der Waals surface area contributed by atoms with E-state index in [0.717, 1.165) is 24.4 Å². The number of carbonyl (C=O) groups excluding carboxylic acids is 1. The Balaban J connectivity index is 0.00000225. The van der Waals surface area contributed by atoms with Gasteiger partial charge in [-0.25, -0.2) is 4.68 Å². The molecule has 2 N–H and O–H groups in total. The molecular formula is C16H23ClN6O2. The first-order valence-corrected chi connectivity index (χ1v) is 8.03. The van der Waals surface area contributed by atoms with E-state index < -0.39 is 6.04 Å². The highest BCUT2D eigenvalue weighted by Crippen LogP contribution is 2.19. The number of tetrazole rings is 1. The molecule has 1 aliphatic heterocycles. The highest BCUT2D eigenvalue weighted by Gasteiger charge is 2.26. The number of nitrogens with one attached hydrogen (secondary N) is 2. The van der Waals surface area contributed by atoms with Crippen LogP contribution in [0.5, 0.6) is 5.75 Å². The van der Waals surface area contributed by atoms with Crippen molar-refractivity contribution in [2.24, 2.45) is 5.92 Å². The van der Waals surface area contributed by atoms with Gasteiger partial charge in [0.25, 0.3) is 0 Å². The molecule has 0 radical (unpaired) electrons. The number of aryl methyl sites for hydroxylation is 1. The van der Waals surface area contributed by atoms with Gasteiger partial charge in [-0.05, 0) is 35.0 Å². The van der Waals surface area contributed by atoms with Crippen molar-refractivity contribution in [3.63, 3.8) is 0 Å². The van der Waals surface area contributed by atoms with Crippen LogP contribution >= 0.6 is 12.4 Å². The number of amides is 1. The SMILES string of the molecule is COc1cccc(CC(C(=O)NCC2CNC2)n2nnnc2C)c1.Cl. The number of halogens is 1. The fraction of sp³-hybridized carbons (Fsp3) is 0.500. The summed E-state index contributed by atoms with van der Waals surface area (Å²) >= 11 is 0. The summed E-state index contributed by atoms with van der Waals surface area (Å²) in [5.74, 6) is 1.81. The quantitative estimate of drug-likeness (QED) is 0.742. The maximum absolute atomic E-state index is 12.7. The standard InChI is InChI=1S/C16H22N6O2.ClH/c1-11-19-20-21-22(11)15(16(23)18-10-13-8-17-9-13)7-12-4-3-5-14(6-12)24-2;/h3-6,13,15,17H,7-10H2,1-2H3,(H,18,23);1H. The first-order chi connectivity index (χ1) is 11.7. The first kappa shape index (κ1) is 19.1. The van der Waals surface area contributed by atoms with Crippen molar-refractivity contribution in [3.05, 3.63) is 35.7 Å². The minimum atomic E-state index is -0.486. The molecule has 1 atom stereocenters. The van der Waals surface area contributed by atoms with Crippen LogP contribution in [0.4, 0.5) is 0 Å².